The predicted octanol–water partition coefficient (Wildman–Crippen LogP) is 1.58. The van der Waals surface area contributed by atoms with Crippen molar-refractivity contribution in [2.75, 3.05) is 13.6 Å². The molecule has 0 amide bonds. The van der Waals surface area contributed by atoms with E-state index in [4.69, 9.17) is 6.42 Å². The van der Waals surface area contributed by atoms with E-state index in [1.165, 1.54) is 11.4 Å². The molecular formula is C15H22N2O2S. The summed E-state index contributed by atoms with van der Waals surface area (Å²) in [5.41, 5.74) is 1.85. The minimum absolute atomic E-state index is 0.0271. The molecule has 110 valence electrons. The maximum atomic E-state index is 12.1. The van der Waals surface area contributed by atoms with Crippen molar-refractivity contribution >= 4 is 10.0 Å². The molecule has 0 aliphatic carbocycles. The van der Waals surface area contributed by atoms with Crippen LogP contribution in [-0.2, 0) is 22.3 Å². The van der Waals surface area contributed by atoms with Crippen molar-refractivity contribution in [2.24, 2.45) is 0 Å². The highest BCUT2D eigenvalue weighted by molar-refractivity contribution is 7.88. The van der Waals surface area contributed by atoms with Crippen LogP contribution in [0.4, 0.5) is 0 Å². The van der Waals surface area contributed by atoms with Crippen molar-refractivity contribution in [1.82, 2.24) is 9.62 Å². The van der Waals surface area contributed by atoms with Gasteiger partial charge in [-0.15, -0.1) is 6.42 Å². The van der Waals surface area contributed by atoms with Gasteiger partial charge in [0.15, 0.2) is 0 Å². The smallest absolute Gasteiger partial charge is 0.218 e. The summed E-state index contributed by atoms with van der Waals surface area (Å²) in [6.45, 7) is 4.97. The average Bonchev–Trinajstić information content (AvgIpc) is 2.36. The van der Waals surface area contributed by atoms with Gasteiger partial charge in [0.05, 0.1) is 12.3 Å². The van der Waals surface area contributed by atoms with Crippen molar-refractivity contribution in [3.63, 3.8) is 0 Å². The molecule has 0 unspecified atom stereocenters. The first kappa shape index (κ1) is 16.7. The van der Waals surface area contributed by atoms with Gasteiger partial charge >= 0.3 is 0 Å². The maximum Gasteiger partial charge on any atom is 0.218 e. The van der Waals surface area contributed by atoms with Gasteiger partial charge in [-0.1, -0.05) is 44.0 Å². The topological polar surface area (TPSA) is 49.4 Å². The maximum absolute atomic E-state index is 12.1. The minimum atomic E-state index is -3.35. The van der Waals surface area contributed by atoms with E-state index in [2.05, 4.69) is 25.1 Å². The summed E-state index contributed by atoms with van der Waals surface area (Å²) in [4.78, 5) is 0. The lowest BCUT2D eigenvalue weighted by Gasteiger charge is -2.15. The van der Waals surface area contributed by atoms with Gasteiger partial charge in [0, 0.05) is 19.6 Å². The standard InChI is InChI=1S/C15H22N2O2S/c1-5-9-17(4)20(18,19)12-15-8-6-7-14(10-15)11-16-13(2)3/h1,6-8,10,13,16H,9,11-12H2,2-4H3. The Bertz CT molecular complexity index is 574. The molecule has 0 heterocycles. The summed E-state index contributed by atoms with van der Waals surface area (Å²) >= 11 is 0. The zero-order valence-corrected chi connectivity index (χ0v) is 13.1. The van der Waals surface area contributed by atoms with Crippen molar-refractivity contribution in [3.05, 3.63) is 35.4 Å². The second-order valence-corrected chi connectivity index (χ2v) is 7.15. The first-order chi connectivity index (χ1) is 9.35. The van der Waals surface area contributed by atoms with E-state index in [1.54, 1.807) is 0 Å². The molecule has 1 N–H and O–H groups in total. The van der Waals surface area contributed by atoms with Crippen LogP contribution in [0.25, 0.3) is 0 Å². The number of benzene rings is 1. The number of rotatable bonds is 7. The second-order valence-electron chi connectivity index (χ2n) is 5.07. The van der Waals surface area contributed by atoms with Crippen LogP contribution in [0.5, 0.6) is 0 Å². The molecule has 1 aromatic carbocycles. The lowest BCUT2D eigenvalue weighted by molar-refractivity contribution is 0.502. The zero-order chi connectivity index (χ0) is 15.2. The summed E-state index contributed by atoms with van der Waals surface area (Å²) in [6.07, 6.45) is 5.15. The van der Waals surface area contributed by atoms with Gasteiger partial charge in [-0.05, 0) is 11.1 Å². The third-order valence-electron chi connectivity index (χ3n) is 2.84. The van der Waals surface area contributed by atoms with E-state index >= 15 is 0 Å². The van der Waals surface area contributed by atoms with Crippen LogP contribution in [0.2, 0.25) is 0 Å². The van der Waals surface area contributed by atoms with E-state index in [-0.39, 0.29) is 12.3 Å². The summed E-state index contributed by atoms with van der Waals surface area (Å²) in [7, 11) is -1.85. The molecule has 0 atom stereocenters. The van der Waals surface area contributed by atoms with Crippen LogP contribution < -0.4 is 5.32 Å². The van der Waals surface area contributed by atoms with Gasteiger partial charge in [0.25, 0.3) is 0 Å². The molecule has 1 rings (SSSR count). The fraction of sp³-hybridized carbons (Fsp3) is 0.467. The van der Waals surface area contributed by atoms with Gasteiger partial charge in [0.2, 0.25) is 10.0 Å². The van der Waals surface area contributed by atoms with Crippen molar-refractivity contribution < 1.29 is 8.42 Å². The minimum Gasteiger partial charge on any atom is -0.310 e. The number of hydrogen-bond donors (Lipinski definition) is 1. The molecule has 0 saturated carbocycles. The van der Waals surface area contributed by atoms with Crippen LogP contribution in [-0.4, -0.2) is 32.4 Å². The molecule has 0 aromatic heterocycles. The normalized spacial score (nSPS) is 11.8. The van der Waals surface area contributed by atoms with E-state index in [0.717, 1.165) is 17.7 Å². The largest absolute Gasteiger partial charge is 0.310 e. The molecule has 5 heteroatoms. The van der Waals surface area contributed by atoms with Crippen molar-refractivity contribution in [1.29, 1.82) is 0 Å². The molecular weight excluding hydrogens is 272 g/mol. The van der Waals surface area contributed by atoms with E-state index in [0.29, 0.717) is 6.04 Å². The molecule has 4 nitrogen and oxygen atoms in total. The Hall–Kier alpha value is -1.35. The first-order valence-electron chi connectivity index (χ1n) is 6.54. The quantitative estimate of drug-likeness (QED) is 0.777. The molecule has 20 heavy (non-hydrogen) atoms. The molecule has 1 aromatic rings. The highest BCUT2D eigenvalue weighted by Crippen LogP contribution is 2.11. The first-order valence-corrected chi connectivity index (χ1v) is 8.14. The van der Waals surface area contributed by atoms with Gasteiger partial charge in [-0.2, -0.15) is 4.31 Å². The summed E-state index contributed by atoms with van der Waals surface area (Å²) in [5, 5.41) is 3.31. The molecule has 0 fully saturated rings. The molecule has 0 bridgehead atoms. The lowest BCUT2D eigenvalue weighted by Crippen LogP contribution is -2.28. The molecule has 0 saturated heterocycles. The van der Waals surface area contributed by atoms with E-state index < -0.39 is 10.0 Å². The van der Waals surface area contributed by atoms with E-state index in [1.807, 2.05) is 24.3 Å². The predicted molar refractivity (Wildman–Crippen MR) is 82.5 cm³/mol. The van der Waals surface area contributed by atoms with Crippen molar-refractivity contribution in [2.45, 2.75) is 32.2 Å². The van der Waals surface area contributed by atoms with Crippen LogP contribution in [0, 0.1) is 12.3 Å². The van der Waals surface area contributed by atoms with Gasteiger partial charge < -0.3 is 5.32 Å². The van der Waals surface area contributed by atoms with Crippen LogP contribution >= 0.6 is 0 Å². The van der Waals surface area contributed by atoms with Crippen LogP contribution in [0.15, 0.2) is 24.3 Å². The summed E-state index contributed by atoms with van der Waals surface area (Å²) in [5.74, 6) is 2.31. The van der Waals surface area contributed by atoms with Crippen LogP contribution in [0.1, 0.15) is 25.0 Å². The van der Waals surface area contributed by atoms with E-state index in [9.17, 15) is 8.42 Å². The Kier molecular flexibility index (Phi) is 6.21. The average molecular weight is 294 g/mol. The second kappa shape index (κ2) is 7.44. The van der Waals surface area contributed by atoms with Crippen molar-refractivity contribution in [3.8, 4) is 12.3 Å². The molecule has 0 aliphatic rings. The fourth-order valence-corrected chi connectivity index (χ4v) is 2.79. The third kappa shape index (κ3) is 5.33. The highest BCUT2D eigenvalue weighted by Gasteiger charge is 2.17. The van der Waals surface area contributed by atoms with Gasteiger partial charge in [-0.3, -0.25) is 0 Å². The fourth-order valence-electron chi connectivity index (χ4n) is 1.70. The Morgan fingerprint density at radius 3 is 2.60 bits per heavy atom. The SMILES string of the molecule is C#CCN(C)S(=O)(=O)Cc1cccc(CNC(C)C)c1. The number of hydrogen-bond acceptors (Lipinski definition) is 3. The monoisotopic (exact) mass is 294 g/mol. The molecule has 0 spiro atoms. The van der Waals surface area contributed by atoms with Gasteiger partial charge in [-0.25, -0.2) is 8.42 Å². The van der Waals surface area contributed by atoms with Crippen LogP contribution in [0.3, 0.4) is 0 Å². The Labute approximate surface area is 122 Å². The molecule has 0 aliphatic heterocycles. The zero-order valence-electron chi connectivity index (χ0n) is 12.3. The Balaban J connectivity index is 2.78. The number of nitrogens with zero attached hydrogens (tertiary/aromatic N) is 1. The molecule has 0 radical (unpaired) electrons. The Morgan fingerprint density at radius 1 is 1.35 bits per heavy atom. The summed E-state index contributed by atoms with van der Waals surface area (Å²) in [6, 6.07) is 7.99. The van der Waals surface area contributed by atoms with Gasteiger partial charge in [0.1, 0.15) is 0 Å². The summed E-state index contributed by atoms with van der Waals surface area (Å²) < 4.78 is 25.4. The number of nitrogens with one attached hydrogen (secondary N) is 1. The third-order valence-corrected chi connectivity index (χ3v) is 4.62. The highest BCUT2D eigenvalue weighted by atomic mass is 32.2. The Morgan fingerprint density at radius 2 is 2.00 bits per heavy atom. The number of sulfonamides is 1. The number of terminal acetylenes is 1. The lowest BCUT2D eigenvalue weighted by atomic mass is 10.1.